The number of rotatable bonds is 4. The molecule has 1 aromatic carbocycles. The molecule has 0 aliphatic carbocycles. The molecule has 1 N–H and O–H groups in total. The fourth-order valence-corrected chi connectivity index (χ4v) is 2.87. The van der Waals surface area contributed by atoms with E-state index >= 15 is 0 Å². The van der Waals surface area contributed by atoms with E-state index in [4.69, 9.17) is 23.2 Å². The van der Waals surface area contributed by atoms with E-state index < -0.39 is 0 Å². The topological polar surface area (TPSA) is 26.7 Å². The number of piperazine rings is 1. The van der Waals surface area contributed by atoms with Crippen molar-refractivity contribution in [1.82, 2.24) is 9.80 Å². The van der Waals surface area contributed by atoms with Crippen molar-refractivity contribution in [3.8, 4) is 5.75 Å². The van der Waals surface area contributed by atoms with Gasteiger partial charge in [0, 0.05) is 26.2 Å². The van der Waals surface area contributed by atoms with Crippen LogP contribution < -0.4 is 0 Å². The smallest absolute Gasteiger partial charge is 0.152 e. The molecule has 0 radical (unpaired) electrons. The molecule has 0 amide bonds. The number of phenolic OH excluding ortho intramolecular Hbond substituents is 1. The molecule has 0 bridgehead atoms. The molecule has 3 nitrogen and oxygen atoms in total. The Kier molecular flexibility index (Phi) is 5.34. The van der Waals surface area contributed by atoms with Gasteiger partial charge in [0.25, 0.3) is 0 Å². The second kappa shape index (κ2) is 6.80. The number of hydrogen-bond acceptors (Lipinski definition) is 3. The SMILES string of the molecule is CN1CCN(CCCc2cc(Cl)c(O)c(Cl)c2)CC1. The molecule has 0 unspecified atom stereocenters. The van der Waals surface area contributed by atoms with Gasteiger partial charge >= 0.3 is 0 Å². The highest BCUT2D eigenvalue weighted by Crippen LogP contribution is 2.32. The highest BCUT2D eigenvalue weighted by atomic mass is 35.5. The fraction of sp³-hybridized carbons (Fsp3) is 0.571. The lowest BCUT2D eigenvalue weighted by molar-refractivity contribution is 0.153. The molecule has 5 heteroatoms. The van der Waals surface area contributed by atoms with Crippen LogP contribution in [0.2, 0.25) is 10.0 Å². The Morgan fingerprint density at radius 2 is 1.68 bits per heavy atom. The van der Waals surface area contributed by atoms with Crippen molar-refractivity contribution in [1.29, 1.82) is 0 Å². The van der Waals surface area contributed by atoms with E-state index in [2.05, 4.69) is 16.8 Å². The maximum Gasteiger partial charge on any atom is 0.152 e. The van der Waals surface area contributed by atoms with Gasteiger partial charge in [-0.15, -0.1) is 0 Å². The number of phenols is 1. The van der Waals surface area contributed by atoms with Gasteiger partial charge in [0.2, 0.25) is 0 Å². The van der Waals surface area contributed by atoms with Crippen molar-refractivity contribution in [2.75, 3.05) is 39.8 Å². The number of aromatic hydroxyl groups is 1. The number of benzene rings is 1. The summed E-state index contributed by atoms with van der Waals surface area (Å²) >= 11 is 11.8. The third-order valence-corrected chi connectivity index (χ3v) is 4.19. The van der Waals surface area contributed by atoms with Crippen molar-refractivity contribution in [2.45, 2.75) is 12.8 Å². The largest absolute Gasteiger partial charge is 0.505 e. The molecule has 0 spiro atoms. The van der Waals surface area contributed by atoms with Crippen LogP contribution in [0.25, 0.3) is 0 Å². The van der Waals surface area contributed by atoms with E-state index in [0.717, 1.165) is 51.1 Å². The third-order valence-electron chi connectivity index (χ3n) is 3.61. The van der Waals surface area contributed by atoms with Crippen LogP contribution in [0.1, 0.15) is 12.0 Å². The Bertz CT molecular complexity index is 408. The molecule has 0 saturated carbocycles. The summed E-state index contributed by atoms with van der Waals surface area (Å²) in [6, 6.07) is 3.60. The number of nitrogens with zero attached hydrogens (tertiary/aromatic N) is 2. The predicted molar refractivity (Wildman–Crippen MR) is 80.4 cm³/mol. The van der Waals surface area contributed by atoms with Crippen molar-refractivity contribution in [2.24, 2.45) is 0 Å². The third kappa shape index (κ3) is 4.25. The van der Waals surface area contributed by atoms with E-state index in [9.17, 15) is 5.11 Å². The van der Waals surface area contributed by atoms with E-state index in [1.165, 1.54) is 0 Å². The lowest BCUT2D eigenvalue weighted by Crippen LogP contribution is -2.44. The lowest BCUT2D eigenvalue weighted by atomic mass is 10.1. The summed E-state index contributed by atoms with van der Waals surface area (Å²) in [7, 11) is 2.16. The monoisotopic (exact) mass is 302 g/mol. The molecule has 1 aliphatic rings. The molecular formula is C14H20Cl2N2O. The summed E-state index contributed by atoms with van der Waals surface area (Å²) in [4.78, 5) is 4.85. The summed E-state index contributed by atoms with van der Waals surface area (Å²) in [6.07, 6.45) is 2.02. The standard InChI is InChI=1S/C14H20Cl2N2O/c1-17-5-7-18(8-6-17)4-2-3-11-9-12(15)14(19)13(16)10-11/h9-10,19H,2-8H2,1H3. The first-order chi connectivity index (χ1) is 9.06. The van der Waals surface area contributed by atoms with Gasteiger partial charge in [-0.3, -0.25) is 0 Å². The van der Waals surface area contributed by atoms with E-state index in [0.29, 0.717) is 10.0 Å². The van der Waals surface area contributed by atoms with Gasteiger partial charge in [-0.1, -0.05) is 23.2 Å². The summed E-state index contributed by atoms with van der Waals surface area (Å²) in [6.45, 7) is 5.69. The zero-order valence-electron chi connectivity index (χ0n) is 11.2. The normalized spacial score (nSPS) is 17.8. The van der Waals surface area contributed by atoms with Crippen molar-refractivity contribution in [3.05, 3.63) is 27.7 Å². The molecule has 1 fully saturated rings. The lowest BCUT2D eigenvalue weighted by Gasteiger charge is -2.32. The van der Waals surface area contributed by atoms with E-state index in [1.54, 1.807) is 12.1 Å². The van der Waals surface area contributed by atoms with Gasteiger partial charge in [0.05, 0.1) is 10.0 Å². The quantitative estimate of drug-likeness (QED) is 0.926. The summed E-state index contributed by atoms with van der Waals surface area (Å²) in [5.41, 5.74) is 1.09. The zero-order valence-corrected chi connectivity index (χ0v) is 12.7. The predicted octanol–water partition coefficient (Wildman–Crippen LogP) is 2.88. The zero-order chi connectivity index (χ0) is 13.8. The van der Waals surface area contributed by atoms with Crippen LogP contribution in [-0.4, -0.2) is 54.7 Å². The van der Waals surface area contributed by atoms with Crippen molar-refractivity contribution >= 4 is 23.2 Å². The molecule has 1 aliphatic heterocycles. The maximum atomic E-state index is 9.51. The van der Waals surface area contributed by atoms with Gasteiger partial charge in [-0.25, -0.2) is 0 Å². The molecule has 0 aromatic heterocycles. The van der Waals surface area contributed by atoms with E-state index in [1.807, 2.05) is 0 Å². The average Bonchev–Trinajstić information content (AvgIpc) is 2.38. The number of halogens is 2. The molecule has 2 rings (SSSR count). The Balaban J connectivity index is 1.79. The van der Waals surface area contributed by atoms with Crippen molar-refractivity contribution < 1.29 is 5.11 Å². The highest BCUT2D eigenvalue weighted by molar-refractivity contribution is 6.37. The van der Waals surface area contributed by atoms with Gasteiger partial charge in [0.15, 0.2) is 5.75 Å². The Hall–Kier alpha value is -0.480. The maximum absolute atomic E-state index is 9.51. The first-order valence-corrected chi connectivity index (χ1v) is 7.39. The van der Waals surface area contributed by atoms with Crippen LogP contribution in [0.5, 0.6) is 5.75 Å². The van der Waals surface area contributed by atoms with Crippen LogP contribution >= 0.6 is 23.2 Å². The molecule has 106 valence electrons. The molecule has 0 atom stereocenters. The minimum atomic E-state index is -0.0221. The Labute approximate surface area is 124 Å². The van der Waals surface area contributed by atoms with Crippen LogP contribution in [0.3, 0.4) is 0 Å². The highest BCUT2D eigenvalue weighted by Gasteiger charge is 2.13. The molecule has 1 saturated heterocycles. The molecule has 19 heavy (non-hydrogen) atoms. The van der Waals surface area contributed by atoms with Crippen LogP contribution in [0, 0.1) is 0 Å². The summed E-state index contributed by atoms with van der Waals surface area (Å²) in [5.74, 6) is -0.0221. The minimum Gasteiger partial charge on any atom is -0.505 e. The van der Waals surface area contributed by atoms with Crippen LogP contribution in [0.15, 0.2) is 12.1 Å². The first-order valence-electron chi connectivity index (χ1n) is 6.64. The molecule has 1 heterocycles. The fourth-order valence-electron chi connectivity index (χ4n) is 2.34. The summed E-state index contributed by atoms with van der Waals surface area (Å²) < 4.78 is 0. The number of hydrogen-bond donors (Lipinski definition) is 1. The second-order valence-electron chi connectivity index (χ2n) is 5.16. The van der Waals surface area contributed by atoms with Crippen LogP contribution in [-0.2, 0) is 6.42 Å². The Morgan fingerprint density at radius 1 is 1.11 bits per heavy atom. The van der Waals surface area contributed by atoms with Crippen LogP contribution in [0.4, 0.5) is 0 Å². The molecular weight excluding hydrogens is 283 g/mol. The van der Waals surface area contributed by atoms with Crippen molar-refractivity contribution in [3.63, 3.8) is 0 Å². The average molecular weight is 303 g/mol. The summed E-state index contributed by atoms with van der Waals surface area (Å²) in [5, 5.41) is 10.2. The van der Waals surface area contributed by atoms with Gasteiger partial charge < -0.3 is 14.9 Å². The number of aryl methyl sites for hydroxylation is 1. The number of likely N-dealkylation sites (N-methyl/N-ethyl adjacent to an activating group) is 1. The van der Waals surface area contributed by atoms with Gasteiger partial charge in [-0.2, -0.15) is 0 Å². The molecule has 1 aromatic rings. The van der Waals surface area contributed by atoms with Gasteiger partial charge in [0.1, 0.15) is 0 Å². The first kappa shape index (κ1) is 14.9. The van der Waals surface area contributed by atoms with Gasteiger partial charge in [-0.05, 0) is 44.1 Å². The minimum absolute atomic E-state index is 0.0221. The second-order valence-corrected chi connectivity index (χ2v) is 5.97. The van der Waals surface area contributed by atoms with E-state index in [-0.39, 0.29) is 5.75 Å². The Morgan fingerprint density at radius 3 is 2.26 bits per heavy atom.